The smallest absolute Gasteiger partial charge is 0.344 e. The quantitative estimate of drug-likeness (QED) is 0.166. The molecule has 4 aliphatic carbocycles. The van der Waals surface area contributed by atoms with Gasteiger partial charge in [-0.15, -0.1) is 0 Å². The summed E-state index contributed by atoms with van der Waals surface area (Å²) in [6.07, 6.45) is 17.2. The lowest BCUT2D eigenvalue weighted by molar-refractivity contribution is -0.153. The van der Waals surface area contributed by atoms with Crippen LogP contribution in [0, 0.1) is 46.3 Å². The van der Waals surface area contributed by atoms with Crippen LogP contribution < -0.4 is 4.74 Å². The van der Waals surface area contributed by atoms with E-state index in [0.717, 1.165) is 61.1 Å². The van der Waals surface area contributed by atoms with Crippen molar-refractivity contribution in [2.24, 2.45) is 46.3 Å². The Bertz CT molecular complexity index is 1070. The first kappa shape index (κ1) is 29.4. The first-order valence-electron chi connectivity index (χ1n) is 16.2. The van der Waals surface area contributed by atoms with Crippen molar-refractivity contribution < 1.29 is 19.1 Å². The fourth-order valence-corrected chi connectivity index (χ4v) is 9.76. The fraction of sp³-hybridized carbons (Fsp3) is 0.722. The molecule has 8 atom stereocenters. The molecule has 0 spiro atoms. The molecule has 0 bridgehead atoms. The first-order chi connectivity index (χ1) is 19.1. The molecule has 0 N–H and O–H groups in total. The van der Waals surface area contributed by atoms with E-state index in [9.17, 15) is 9.59 Å². The van der Waals surface area contributed by atoms with Crippen LogP contribution in [0.1, 0.15) is 116 Å². The van der Waals surface area contributed by atoms with E-state index in [1.54, 1.807) is 29.8 Å². The number of esters is 1. The van der Waals surface area contributed by atoms with Gasteiger partial charge in [0.05, 0.1) is 0 Å². The third-order valence-corrected chi connectivity index (χ3v) is 11.9. The minimum Gasteiger partial charge on any atom is -0.482 e. The van der Waals surface area contributed by atoms with Crippen LogP contribution >= 0.6 is 0 Å². The molecule has 0 unspecified atom stereocenters. The van der Waals surface area contributed by atoms with Gasteiger partial charge in [-0.05, 0) is 116 Å². The molecular weight excluding hydrogens is 496 g/mol. The number of hydrogen-bond donors (Lipinski definition) is 0. The van der Waals surface area contributed by atoms with Crippen molar-refractivity contribution in [3.63, 3.8) is 0 Å². The zero-order chi connectivity index (χ0) is 28.5. The summed E-state index contributed by atoms with van der Waals surface area (Å²) in [7, 11) is 0. The van der Waals surface area contributed by atoms with Crippen LogP contribution in [-0.4, -0.2) is 25.0 Å². The maximum absolute atomic E-state index is 12.6. The lowest BCUT2D eigenvalue weighted by Crippen LogP contribution is -2.51. The van der Waals surface area contributed by atoms with Gasteiger partial charge in [0, 0.05) is 12.0 Å². The van der Waals surface area contributed by atoms with Gasteiger partial charge in [-0.25, -0.2) is 4.79 Å². The molecule has 40 heavy (non-hydrogen) atoms. The lowest BCUT2D eigenvalue weighted by atomic mass is 9.47. The van der Waals surface area contributed by atoms with Gasteiger partial charge in [0.2, 0.25) is 0 Å². The second-order valence-corrected chi connectivity index (χ2v) is 14.6. The van der Waals surface area contributed by atoms with Crippen LogP contribution in [-0.2, 0) is 9.53 Å². The second-order valence-electron chi connectivity index (χ2n) is 14.6. The Kier molecular flexibility index (Phi) is 8.83. The predicted octanol–water partition coefficient (Wildman–Crippen LogP) is 8.83. The van der Waals surface area contributed by atoms with Crippen molar-refractivity contribution in [3.8, 4) is 5.75 Å². The van der Waals surface area contributed by atoms with Crippen molar-refractivity contribution in [2.45, 2.75) is 111 Å². The molecule has 0 saturated heterocycles. The summed E-state index contributed by atoms with van der Waals surface area (Å²) in [6, 6.07) is 6.79. The summed E-state index contributed by atoms with van der Waals surface area (Å²) in [5.41, 5.74) is 2.90. The highest BCUT2D eigenvalue weighted by Crippen LogP contribution is 2.67. The maximum atomic E-state index is 12.6. The third-order valence-electron chi connectivity index (χ3n) is 11.9. The standard InChI is InChI=1S/C36H52O4/c1-24(2)7-6-8-25(3)31-15-16-32-30-14-11-27-21-29(17-19-35(27,4)33(30)18-20-36(31,32)5)40-34(38)23-39-28-12-9-26(22-37)10-13-28/h9-13,22,24-25,29-33H,6-8,14-21,23H2,1-5H3/t25-,29+,30+,31-,32+,33+,35+,36-/m1/s1. The van der Waals surface area contributed by atoms with Crippen molar-refractivity contribution in [1.82, 2.24) is 0 Å². The highest BCUT2D eigenvalue weighted by Gasteiger charge is 2.59. The van der Waals surface area contributed by atoms with Gasteiger partial charge < -0.3 is 9.47 Å². The minimum absolute atomic E-state index is 0.0548. The van der Waals surface area contributed by atoms with Crippen molar-refractivity contribution >= 4 is 12.3 Å². The Morgan fingerprint density at radius 2 is 1.77 bits per heavy atom. The molecule has 5 rings (SSSR count). The number of benzene rings is 1. The molecule has 0 heterocycles. The Morgan fingerprint density at radius 3 is 2.50 bits per heavy atom. The zero-order valence-electron chi connectivity index (χ0n) is 25.6. The summed E-state index contributed by atoms with van der Waals surface area (Å²) >= 11 is 0. The van der Waals surface area contributed by atoms with Gasteiger partial charge in [0.15, 0.2) is 6.61 Å². The third kappa shape index (κ3) is 5.79. The molecule has 4 aliphatic rings. The van der Waals surface area contributed by atoms with Crippen molar-refractivity contribution in [2.75, 3.05) is 6.61 Å². The Balaban J connectivity index is 1.17. The van der Waals surface area contributed by atoms with Crippen LogP contribution in [0.15, 0.2) is 35.9 Å². The van der Waals surface area contributed by atoms with Gasteiger partial charge in [-0.2, -0.15) is 0 Å². The highest BCUT2D eigenvalue weighted by atomic mass is 16.6. The van der Waals surface area contributed by atoms with E-state index >= 15 is 0 Å². The number of allylic oxidation sites excluding steroid dienone is 1. The van der Waals surface area contributed by atoms with Crippen LogP contribution in [0.3, 0.4) is 0 Å². The molecule has 1 aromatic rings. The predicted molar refractivity (Wildman–Crippen MR) is 160 cm³/mol. The van der Waals surface area contributed by atoms with Crippen molar-refractivity contribution in [3.05, 3.63) is 41.5 Å². The summed E-state index contributed by atoms with van der Waals surface area (Å²) in [5.74, 6) is 5.28. The maximum Gasteiger partial charge on any atom is 0.344 e. The van der Waals surface area contributed by atoms with Crippen LogP contribution in [0.5, 0.6) is 5.75 Å². The molecule has 4 nitrogen and oxygen atoms in total. The minimum atomic E-state index is -0.310. The average molecular weight is 549 g/mol. The zero-order valence-corrected chi connectivity index (χ0v) is 25.6. The van der Waals surface area contributed by atoms with Gasteiger partial charge in [-0.3, -0.25) is 4.79 Å². The van der Waals surface area contributed by atoms with E-state index in [1.807, 2.05) is 0 Å². The number of fused-ring (bicyclic) bond motifs is 5. The summed E-state index contributed by atoms with van der Waals surface area (Å²) < 4.78 is 11.5. The Hall–Kier alpha value is -2.10. The normalized spacial score (nSPS) is 35.6. The average Bonchev–Trinajstić information content (AvgIpc) is 3.29. The number of ether oxygens (including phenoxy) is 2. The molecular formula is C36H52O4. The Labute approximate surface area is 242 Å². The van der Waals surface area contributed by atoms with Gasteiger partial charge in [0.25, 0.3) is 0 Å². The molecule has 0 aromatic heterocycles. The molecule has 220 valence electrons. The summed E-state index contributed by atoms with van der Waals surface area (Å²) in [5, 5.41) is 0. The first-order valence-corrected chi connectivity index (χ1v) is 16.2. The Morgan fingerprint density at radius 1 is 1.00 bits per heavy atom. The lowest BCUT2D eigenvalue weighted by Gasteiger charge is -2.58. The fourth-order valence-electron chi connectivity index (χ4n) is 9.76. The SMILES string of the molecule is CC(C)CCC[C@@H](C)[C@H]1CC[C@H]2[C@@H]3CC=C4C[C@@H](OC(=O)COc5ccc(C=O)cc5)CC[C@]4(C)[C@H]3CC[C@]12C. The largest absolute Gasteiger partial charge is 0.482 e. The van der Waals surface area contributed by atoms with Crippen LogP contribution in [0.25, 0.3) is 0 Å². The number of carbonyl (C=O) groups excluding carboxylic acids is 2. The van der Waals surface area contributed by atoms with Gasteiger partial charge >= 0.3 is 5.97 Å². The van der Waals surface area contributed by atoms with Gasteiger partial charge in [-0.1, -0.05) is 65.5 Å². The van der Waals surface area contributed by atoms with E-state index < -0.39 is 0 Å². The molecule has 0 radical (unpaired) electrons. The molecule has 4 heteroatoms. The van der Waals surface area contributed by atoms with E-state index in [-0.39, 0.29) is 24.1 Å². The number of carbonyl (C=O) groups is 2. The van der Waals surface area contributed by atoms with Crippen LogP contribution in [0.4, 0.5) is 0 Å². The molecule has 0 aliphatic heterocycles. The molecule has 3 saturated carbocycles. The molecule has 3 fully saturated rings. The van der Waals surface area contributed by atoms with E-state index in [1.165, 1.54) is 51.4 Å². The molecule has 1 aromatic carbocycles. The second kappa shape index (κ2) is 12.0. The van der Waals surface area contributed by atoms with Crippen molar-refractivity contribution in [1.29, 1.82) is 0 Å². The van der Waals surface area contributed by atoms with E-state index in [0.29, 0.717) is 16.7 Å². The number of hydrogen-bond acceptors (Lipinski definition) is 4. The summed E-state index contributed by atoms with van der Waals surface area (Å²) in [4.78, 5) is 23.4. The monoisotopic (exact) mass is 548 g/mol. The highest BCUT2D eigenvalue weighted by molar-refractivity contribution is 5.75. The number of aldehydes is 1. The van der Waals surface area contributed by atoms with E-state index in [2.05, 4.69) is 40.7 Å². The van der Waals surface area contributed by atoms with E-state index in [4.69, 9.17) is 9.47 Å². The topological polar surface area (TPSA) is 52.6 Å². The van der Waals surface area contributed by atoms with Gasteiger partial charge in [0.1, 0.15) is 18.1 Å². The van der Waals surface area contributed by atoms with Crippen LogP contribution in [0.2, 0.25) is 0 Å². The number of rotatable bonds is 10. The molecule has 0 amide bonds. The summed E-state index contributed by atoms with van der Waals surface area (Å²) in [6.45, 7) is 12.4.